The van der Waals surface area contributed by atoms with Gasteiger partial charge in [-0.1, -0.05) is 13.5 Å². The SMILES string of the molecule is C=C1C(=O)O[C@@H]2[C@H]1CC[C@H](C)[C@@H]1[C@H](O)CC(=O)[C@]12C. The van der Waals surface area contributed by atoms with Crippen molar-refractivity contribution < 1.29 is 19.4 Å². The number of hydrogen-bond acceptors (Lipinski definition) is 4. The average Bonchev–Trinajstić information content (AvgIpc) is 2.70. The number of rotatable bonds is 0. The van der Waals surface area contributed by atoms with Crippen LogP contribution in [0.2, 0.25) is 0 Å². The Morgan fingerprint density at radius 1 is 1.37 bits per heavy atom. The van der Waals surface area contributed by atoms with Gasteiger partial charge in [-0.25, -0.2) is 4.79 Å². The highest BCUT2D eigenvalue weighted by molar-refractivity contribution is 5.94. The van der Waals surface area contributed by atoms with Crippen molar-refractivity contribution in [3.63, 3.8) is 0 Å². The van der Waals surface area contributed by atoms with Crippen LogP contribution in [0, 0.1) is 23.2 Å². The molecule has 0 aromatic heterocycles. The molecule has 0 aromatic rings. The Hall–Kier alpha value is -1.16. The summed E-state index contributed by atoms with van der Waals surface area (Å²) in [4.78, 5) is 24.2. The number of carbonyl (C=O) groups excluding carboxylic acids is 2. The molecular weight excluding hydrogens is 244 g/mol. The van der Waals surface area contributed by atoms with Gasteiger partial charge in [0.15, 0.2) is 0 Å². The first kappa shape index (κ1) is 12.9. The second-order valence-corrected chi connectivity index (χ2v) is 6.52. The molecule has 1 N–H and O–H groups in total. The van der Waals surface area contributed by atoms with E-state index in [0.29, 0.717) is 5.57 Å². The van der Waals surface area contributed by atoms with Gasteiger partial charge in [0.1, 0.15) is 11.9 Å². The van der Waals surface area contributed by atoms with Crippen molar-refractivity contribution in [2.24, 2.45) is 23.2 Å². The molecule has 3 fully saturated rings. The van der Waals surface area contributed by atoms with E-state index >= 15 is 0 Å². The Morgan fingerprint density at radius 3 is 2.74 bits per heavy atom. The molecule has 0 unspecified atom stereocenters. The minimum absolute atomic E-state index is 0.0243. The van der Waals surface area contributed by atoms with Crippen LogP contribution in [0.25, 0.3) is 0 Å². The number of aliphatic hydroxyl groups is 1. The number of carbonyl (C=O) groups is 2. The number of ketones is 1. The normalized spacial score (nSPS) is 49.6. The number of ether oxygens (including phenoxy) is 1. The van der Waals surface area contributed by atoms with Crippen molar-refractivity contribution >= 4 is 11.8 Å². The third-order valence-corrected chi connectivity index (χ3v) is 5.55. The molecule has 6 atom stereocenters. The molecule has 104 valence electrons. The number of fused-ring (bicyclic) bond motifs is 3. The van der Waals surface area contributed by atoms with E-state index < -0.39 is 17.6 Å². The van der Waals surface area contributed by atoms with Gasteiger partial charge in [0.05, 0.1) is 11.5 Å². The predicted molar refractivity (Wildman–Crippen MR) is 68.1 cm³/mol. The molecule has 4 heteroatoms. The molecule has 0 radical (unpaired) electrons. The third kappa shape index (κ3) is 1.49. The van der Waals surface area contributed by atoms with E-state index in [2.05, 4.69) is 13.5 Å². The summed E-state index contributed by atoms with van der Waals surface area (Å²) in [6, 6.07) is 0. The van der Waals surface area contributed by atoms with Crippen molar-refractivity contribution in [2.45, 2.75) is 45.3 Å². The van der Waals surface area contributed by atoms with Crippen molar-refractivity contribution in [2.75, 3.05) is 0 Å². The monoisotopic (exact) mass is 264 g/mol. The largest absolute Gasteiger partial charge is 0.457 e. The van der Waals surface area contributed by atoms with Crippen LogP contribution in [0.3, 0.4) is 0 Å². The fourth-order valence-electron chi connectivity index (χ4n) is 4.54. The summed E-state index contributed by atoms with van der Waals surface area (Å²) in [6.45, 7) is 7.77. The zero-order chi connectivity index (χ0) is 13.9. The molecule has 3 aliphatic rings. The highest BCUT2D eigenvalue weighted by atomic mass is 16.6. The topological polar surface area (TPSA) is 63.6 Å². The van der Waals surface area contributed by atoms with Crippen LogP contribution in [-0.4, -0.2) is 29.1 Å². The van der Waals surface area contributed by atoms with Crippen LogP contribution < -0.4 is 0 Å². The van der Waals surface area contributed by atoms with Crippen molar-refractivity contribution in [3.05, 3.63) is 12.2 Å². The molecule has 3 rings (SSSR count). The summed E-state index contributed by atoms with van der Waals surface area (Å²) >= 11 is 0. The molecule has 2 saturated carbocycles. The minimum Gasteiger partial charge on any atom is -0.457 e. The molecule has 2 aliphatic carbocycles. The van der Waals surface area contributed by atoms with E-state index in [0.717, 1.165) is 12.8 Å². The summed E-state index contributed by atoms with van der Waals surface area (Å²) in [6.07, 6.45) is 0.828. The lowest BCUT2D eigenvalue weighted by atomic mass is 9.68. The number of Topliss-reactive ketones (excluding diaryl/α,β-unsaturated/α-hetero) is 1. The molecule has 1 aliphatic heterocycles. The highest BCUT2D eigenvalue weighted by Gasteiger charge is 2.63. The molecule has 0 spiro atoms. The molecule has 4 nitrogen and oxygen atoms in total. The number of aliphatic hydroxyl groups excluding tert-OH is 1. The number of hydrogen-bond donors (Lipinski definition) is 1. The van der Waals surface area contributed by atoms with Gasteiger partial charge in [0.25, 0.3) is 0 Å². The predicted octanol–water partition coefficient (Wildman–Crippen LogP) is 1.47. The van der Waals surface area contributed by atoms with Crippen LogP contribution in [0.5, 0.6) is 0 Å². The van der Waals surface area contributed by atoms with Gasteiger partial charge in [-0.2, -0.15) is 0 Å². The van der Waals surface area contributed by atoms with E-state index in [1.54, 1.807) is 0 Å². The lowest BCUT2D eigenvalue weighted by Crippen LogP contribution is -2.46. The lowest BCUT2D eigenvalue weighted by Gasteiger charge is -2.37. The van der Waals surface area contributed by atoms with Gasteiger partial charge in [0.2, 0.25) is 0 Å². The first-order valence-corrected chi connectivity index (χ1v) is 6.98. The van der Waals surface area contributed by atoms with Crippen LogP contribution in [0.4, 0.5) is 0 Å². The van der Waals surface area contributed by atoms with E-state index in [1.165, 1.54) is 0 Å². The Morgan fingerprint density at radius 2 is 2.05 bits per heavy atom. The number of esters is 1. The van der Waals surface area contributed by atoms with Crippen LogP contribution >= 0.6 is 0 Å². The van der Waals surface area contributed by atoms with Crippen molar-refractivity contribution in [1.29, 1.82) is 0 Å². The van der Waals surface area contributed by atoms with Gasteiger partial charge >= 0.3 is 5.97 Å². The molecule has 1 heterocycles. The van der Waals surface area contributed by atoms with E-state index in [1.807, 2.05) is 6.92 Å². The van der Waals surface area contributed by atoms with Gasteiger partial charge in [-0.05, 0) is 25.7 Å². The third-order valence-electron chi connectivity index (χ3n) is 5.55. The zero-order valence-corrected chi connectivity index (χ0v) is 11.4. The van der Waals surface area contributed by atoms with Crippen LogP contribution in [-0.2, 0) is 14.3 Å². The summed E-state index contributed by atoms with van der Waals surface area (Å²) in [5, 5.41) is 10.2. The van der Waals surface area contributed by atoms with E-state index in [-0.39, 0.29) is 35.9 Å². The van der Waals surface area contributed by atoms with Crippen molar-refractivity contribution in [3.8, 4) is 0 Å². The first-order valence-electron chi connectivity index (χ1n) is 6.98. The fourth-order valence-corrected chi connectivity index (χ4v) is 4.54. The zero-order valence-electron chi connectivity index (χ0n) is 11.4. The standard InChI is InChI=1S/C15H20O4/c1-7-4-5-9-8(2)14(18)19-13(9)15(3)11(17)6-10(16)12(7)15/h7,9-10,12-13,16H,2,4-6H2,1,3H3/t7-,9-,10+,12+,13+,15+/m0/s1. The van der Waals surface area contributed by atoms with Gasteiger partial charge in [-0.15, -0.1) is 0 Å². The van der Waals surface area contributed by atoms with Gasteiger partial charge in [0, 0.05) is 23.8 Å². The minimum atomic E-state index is -0.755. The fraction of sp³-hybridized carbons (Fsp3) is 0.733. The Kier molecular flexibility index (Phi) is 2.65. The maximum absolute atomic E-state index is 12.4. The molecule has 0 bridgehead atoms. The van der Waals surface area contributed by atoms with E-state index in [9.17, 15) is 14.7 Å². The maximum atomic E-state index is 12.4. The lowest BCUT2D eigenvalue weighted by molar-refractivity contribution is -0.152. The van der Waals surface area contributed by atoms with Gasteiger partial charge in [-0.3, -0.25) is 4.79 Å². The highest BCUT2D eigenvalue weighted by Crippen LogP contribution is 2.56. The molecule has 19 heavy (non-hydrogen) atoms. The smallest absolute Gasteiger partial charge is 0.334 e. The van der Waals surface area contributed by atoms with E-state index in [4.69, 9.17) is 4.74 Å². The molecule has 0 amide bonds. The molecule has 0 aromatic carbocycles. The molecule has 1 saturated heterocycles. The average molecular weight is 264 g/mol. The quantitative estimate of drug-likeness (QED) is 0.531. The van der Waals surface area contributed by atoms with Crippen LogP contribution in [0.1, 0.15) is 33.1 Å². The first-order chi connectivity index (χ1) is 8.87. The summed E-state index contributed by atoms with van der Waals surface area (Å²) in [5.74, 6) is -0.286. The Bertz CT molecular complexity index is 469. The Labute approximate surface area is 112 Å². The van der Waals surface area contributed by atoms with Crippen molar-refractivity contribution in [1.82, 2.24) is 0 Å². The summed E-state index contributed by atoms with van der Waals surface area (Å²) < 4.78 is 5.47. The second-order valence-electron chi connectivity index (χ2n) is 6.52. The van der Waals surface area contributed by atoms with Gasteiger partial charge < -0.3 is 9.84 Å². The summed E-state index contributed by atoms with van der Waals surface area (Å²) in [7, 11) is 0. The Balaban J connectivity index is 2.09. The maximum Gasteiger partial charge on any atom is 0.334 e. The van der Waals surface area contributed by atoms with Crippen LogP contribution in [0.15, 0.2) is 12.2 Å². The molecular formula is C15H20O4. The summed E-state index contributed by atoms with van der Waals surface area (Å²) in [5.41, 5.74) is -0.261. The second kappa shape index (κ2) is 3.92.